The molecule has 1 aliphatic heterocycles. The Balaban J connectivity index is 0.000000547. The molecule has 0 fully saturated rings. The Labute approximate surface area is 193 Å². The Morgan fingerprint density at radius 1 is 1.17 bits per heavy atom. The van der Waals surface area contributed by atoms with Crippen molar-refractivity contribution in [1.29, 1.82) is 0 Å². The number of nitrogens with zero attached hydrogens (tertiary/aromatic N) is 1. The molecular weight excluding hydrogens is 414 g/mol. The molecule has 2 N–H and O–H groups in total. The van der Waals surface area contributed by atoms with Crippen LogP contribution in [0.15, 0.2) is 24.3 Å². The highest BCUT2D eigenvalue weighted by atomic mass is 35.5. The van der Waals surface area contributed by atoms with Crippen molar-refractivity contribution in [1.82, 2.24) is 4.90 Å². The van der Waals surface area contributed by atoms with Crippen molar-refractivity contribution < 1.29 is 4.79 Å². The number of carbonyl (C=O) groups is 1. The summed E-state index contributed by atoms with van der Waals surface area (Å²) >= 11 is 7.37. The van der Waals surface area contributed by atoms with Crippen LogP contribution in [0, 0.1) is 12.8 Å². The summed E-state index contributed by atoms with van der Waals surface area (Å²) in [5.41, 5.74) is 3.81. The van der Waals surface area contributed by atoms with Gasteiger partial charge >= 0.3 is 0 Å². The molecular formula is C24H40ClN3OS. The van der Waals surface area contributed by atoms with Gasteiger partial charge in [-0.05, 0) is 54.7 Å². The zero-order valence-corrected chi connectivity index (χ0v) is 21.5. The van der Waals surface area contributed by atoms with Crippen LogP contribution >= 0.6 is 22.9 Å². The summed E-state index contributed by atoms with van der Waals surface area (Å²) in [6.45, 7) is 18.0. The Morgan fingerprint density at radius 3 is 2.27 bits per heavy atom. The standard InChI is InChI=1S/C13H20N2OS.C7H8ClN.2C2H6/c1-9(2)6-15-5-4-11-10(3)13(14-8-16)17-12(11)7-15;1-9-7-4-2-6(8)3-5-7;2*1-2/h8-9H,4-7H2,1-3H3,(H,14,16);2-5,9H,1H3;2*1-2H3. The van der Waals surface area contributed by atoms with E-state index in [1.807, 2.05) is 59.0 Å². The van der Waals surface area contributed by atoms with E-state index in [2.05, 4.69) is 36.3 Å². The van der Waals surface area contributed by atoms with Gasteiger partial charge in [-0.2, -0.15) is 0 Å². The molecule has 0 atom stereocenters. The first kappa shape index (κ1) is 28.4. The molecule has 0 spiro atoms. The monoisotopic (exact) mass is 453 g/mol. The molecule has 30 heavy (non-hydrogen) atoms. The molecule has 1 amide bonds. The van der Waals surface area contributed by atoms with Gasteiger partial charge in [0, 0.05) is 42.3 Å². The predicted octanol–water partition coefficient (Wildman–Crippen LogP) is 7.07. The topological polar surface area (TPSA) is 44.4 Å². The normalized spacial score (nSPS) is 12.2. The number of thiophene rings is 1. The first-order valence-electron chi connectivity index (χ1n) is 10.9. The minimum Gasteiger partial charge on any atom is -0.388 e. The maximum absolute atomic E-state index is 10.5. The largest absolute Gasteiger partial charge is 0.388 e. The van der Waals surface area contributed by atoms with Crippen molar-refractivity contribution in [3.63, 3.8) is 0 Å². The highest BCUT2D eigenvalue weighted by Gasteiger charge is 2.22. The van der Waals surface area contributed by atoms with E-state index in [0.29, 0.717) is 5.92 Å². The third-order valence-electron chi connectivity index (χ3n) is 4.35. The summed E-state index contributed by atoms with van der Waals surface area (Å²) in [5.74, 6) is 0.713. The summed E-state index contributed by atoms with van der Waals surface area (Å²) < 4.78 is 0. The highest BCUT2D eigenvalue weighted by molar-refractivity contribution is 7.16. The van der Waals surface area contributed by atoms with E-state index < -0.39 is 0 Å². The van der Waals surface area contributed by atoms with Crippen LogP contribution in [0.3, 0.4) is 0 Å². The Hall–Kier alpha value is -1.56. The number of rotatable bonds is 5. The molecule has 1 aliphatic rings. The number of anilines is 2. The number of benzene rings is 1. The first-order chi connectivity index (χ1) is 14.4. The smallest absolute Gasteiger partial charge is 0.212 e. The van der Waals surface area contributed by atoms with Gasteiger partial charge in [0.15, 0.2) is 0 Å². The summed E-state index contributed by atoms with van der Waals surface area (Å²) in [6, 6.07) is 7.57. The third kappa shape index (κ3) is 9.50. The maximum atomic E-state index is 10.5. The van der Waals surface area contributed by atoms with Gasteiger partial charge in [-0.25, -0.2) is 0 Å². The fraction of sp³-hybridized carbons (Fsp3) is 0.542. The molecule has 1 aromatic carbocycles. The fourth-order valence-corrected chi connectivity index (χ4v) is 4.48. The summed E-state index contributed by atoms with van der Waals surface area (Å²) in [7, 11) is 1.88. The van der Waals surface area contributed by atoms with Crippen LogP contribution in [0.4, 0.5) is 10.7 Å². The van der Waals surface area contributed by atoms with Crippen LogP contribution in [0.1, 0.15) is 57.5 Å². The molecule has 1 aromatic heterocycles. The predicted molar refractivity (Wildman–Crippen MR) is 136 cm³/mol. The Morgan fingerprint density at radius 2 is 1.77 bits per heavy atom. The molecule has 3 rings (SSSR count). The molecule has 2 aromatic rings. The van der Waals surface area contributed by atoms with Crippen molar-refractivity contribution in [3.8, 4) is 0 Å². The number of fused-ring (bicyclic) bond motifs is 1. The average molecular weight is 454 g/mol. The summed E-state index contributed by atoms with van der Waals surface area (Å²) in [4.78, 5) is 14.5. The van der Waals surface area contributed by atoms with E-state index in [1.54, 1.807) is 11.3 Å². The molecule has 0 saturated heterocycles. The van der Waals surface area contributed by atoms with Crippen LogP contribution < -0.4 is 10.6 Å². The lowest BCUT2D eigenvalue weighted by molar-refractivity contribution is -0.105. The summed E-state index contributed by atoms with van der Waals surface area (Å²) in [6.07, 6.45) is 1.89. The number of hydrogen-bond acceptors (Lipinski definition) is 4. The van der Waals surface area contributed by atoms with Crippen LogP contribution in [-0.2, 0) is 17.8 Å². The van der Waals surface area contributed by atoms with Gasteiger partial charge in [0.05, 0.1) is 5.00 Å². The van der Waals surface area contributed by atoms with Crippen LogP contribution in [0.2, 0.25) is 5.02 Å². The Bertz CT molecular complexity index is 714. The van der Waals surface area contributed by atoms with Gasteiger partial charge in [-0.1, -0.05) is 53.1 Å². The minimum atomic E-state index is 0.713. The average Bonchev–Trinajstić information content (AvgIpc) is 3.07. The first-order valence-corrected chi connectivity index (χ1v) is 12.1. The molecule has 2 heterocycles. The van der Waals surface area contributed by atoms with Gasteiger partial charge in [-0.15, -0.1) is 11.3 Å². The maximum Gasteiger partial charge on any atom is 0.212 e. The highest BCUT2D eigenvalue weighted by Crippen LogP contribution is 2.36. The van der Waals surface area contributed by atoms with Crippen molar-refractivity contribution >= 4 is 40.0 Å². The fourth-order valence-electron chi connectivity index (χ4n) is 3.09. The quantitative estimate of drug-likeness (QED) is 0.475. The van der Waals surface area contributed by atoms with E-state index in [9.17, 15) is 4.79 Å². The molecule has 0 saturated carbocycles. The third-order valence-corrected chi connectivity index (χ3v) is 5.85. The van der Waals surface area contributed by atoms with Crippen molar-refractivity contribution in [2.45, 2.75) is 61.4 Å². The zero-order valence-electron chi connectivity index (χ0n) is 19.9. The lowest BCUT2D eigenvalue weighted by Crippen LogP contribution is -2.32. The van der Waals surface area contributed by atoms with E-state index in [1.165, 1.54) is 16.0 Å². The summed E-state index contributed by atoms with van der Waals surface area (Å²) in [5, 5.41) is 7.60. The molecule has 0 bridgehead atoms. The molecule has 0 aliphatic carbocycles. The second-order valence-corrected chi connectivity index (χ2v) is 8.40. The van der Waals surface area contributed by atoms with E-state index in [0.717, 1.165) is 48.2 Å². The van der Waals surface area contributed by atoms with E-state index >= 15 is 0 Å². The van der Waals surface area contributed by atoms with Gasteiger partial charge in [0.25, 0.3) is 0 Å². The number of nitrogens with one attached hydrogen (secondary N) is 2. The second-order valence-electron chi connectivity index (χ2n) is 6.86. The number of amides is 1. The minimum absolute atomic E-state index is 0.713. The lowest BCUT2D eigenvalue weighted by atomic mass is 10.0. The molecule has 0 radical (unpaired) electrons. The zero-order chi connectivity index (χ0) is 23.1. The van der Waals surface area contributed by atoms with Crippen LogP contribution in [0.5, 0.6) is 0 Å². The van der Waals surface area contributed by atoms with Gasteiger partial charge in [0.2, 0.25) is 6.41 Å². The van der Waals surface area contributed by atoms with Crippen molar-refractivity contribution in [3.05, 3.63) is 45.3 Å². The van der Waals surface area contributed by atoms with E-state index in [-0.39, 0.29) is 0 Å². The van der Waals surface area contributed by atoms with Crippen LogP contribution in [-0.4, -0.2) is 31.4 Å². The van der Waals surface area contributed by atoms with E-state index in [4.69, 9.17) is 11.6 Å². The van der Waals surface area contributed by atoms with Crippen molar-refractivity contribution in [2.24, 2.45) is 5.92 Å². The van der Waals surface area contributed by atoms with Crippen LogP contribution in [0.25, 0.3) is 0 Å². The molecule has 6 heteroatoms. The second kappa shape index (κ2) is 16.2. The number of hydrogen-bond donors (Lipinski definition) is 2. The Kier molecular flexibility index (Phi) is 15.3. The SMILES string of the molecule is CC.CC.CNc1ccc(Cl)cc1.Cc1c(NC=O)sc2c1CCN(CC(C)C)C2. The molecule has 170 valence electrons. The number of carbonyl (C=O) groups excluding carboxylic acids is 1. The van der Waals surface area contributed by atoms with Gasteiger partial charge in [0.1, 0.15) is 0 Å². The van der Waals surface area contributed by atoms with Gasteiger partial charge < -0.3 is 10.6 Å². The lowest BCUT2D eigenvalue weighted by Gasteiger charge is -2.28. The molecule has 0 unspecified atom stereocenters. The van der Waals surface area contributed by atoms with Crippen molar-refractivity contribution in [2.75, 3.05) is 30.8 Å². The molecule has 4 nitrogen and oxygen atoms in total. The number of halogens is 1. The van der Waals surface area contributed by atoms with Gasteiger partial charge in [-0.3, -0.25) is 9.69 Å².